The lowest BCUT2D eigenvalue weighted by atomic mass is 10.2. The molecule has 4 aromatic rings. The molecule has 0 saturated heterocycles. The van der Waals surface area contributed by atoms with Crippen LogP contribution in [0.3, 0.4) is 0 Å². The first kappa shape index (κ1) is 26.3. The van der Waals surface area contributed by atoms with Gasteiger partial charge in [0.05, 0.1) is 10.9 Å². The topological polar surface area (TPSA) is 54.0 Å². The van der Waals surface area contributed by atoms with Gasteiger partial charge in [-0.2, -0.15) is 0 Å². The van der Waals surface area contributed by atoms with Gasteiger partial charge in [-0.25, -0.2) is 4.79 Å². The summed E-state index contributed by atoms with van der Waals surface area (Å²) in [5.41, 5.74) is 0.997. The summed E-state index contributed by atoms with van der Waals surface area (Å²) in [6.45, 7) is 4.25. The molecule has 4 aromatic carbocycles. The molecule has 1 unspecified atom stereocenters. The molecule has 5 nitrogen and oxygen atoms in total. The molecule has 190 valence electrons. The van der Waals surface area contributed by atoms with Gasteiger partial charge in [-0.05, 0) is 80.1 Å². The van der Waals surface area contributed by atoms with Crippen LogP contribution in [0.2, 0.25) is 0 Å². The smallest absolute Gasteiger partial charge is 0.346 e. The van der Waals surface area contributed by atoms with Crippen LogP contribution in [0.1, 0.15) is 19.4 Å². The fraction of sp³-hybridized carbons (Fsp3) is 0.194. The lowest BCUT2D eigenvalue weighted by molar-refractivity contribution is -0.175. The molecule has 0 aliphatic carbocycles. The molecular formula is C31H31O5S+. The second kappa shape index (κ2) is 13.5. The zero-order chi connectivity index (χ0) is 25.9. The minimum atomic E-state index is -0.585. The molecule has 0 bridgehead atoms. The average Bonchev–Trinajstić information content (AvgIpc) is 2.93. The Kier molecular flexibility index (Phi) is 9.63. The van der Waals surface area contributed by atoms with Crippen molar-refractivity contribution in [1.29, 1.82) is 0 Å². The van der Waals surface area contributed by atoms with Gasteiger partial charge in [-0.1, -0.05) is 48.5 Å². The van der Waals surface area contributed by atoms with Crippen molar-refractivity contribution in [3.05, 3.63) is 115 Å². The predicted molar refractivity (Wildman–Crippen MR) is 145 cm³/mol. The Morgan fingerprint density at radius 3 is 1.78 bits per heavy atom. The van der Waals surface area contributed by atoms with Crippen molar-refractivity contribution < 1.29 is 23.7 Å². The van der Waals surface area contributed by atoms with Crippen molar-refractivity contribution in [1.82, 2.24) is 0 Å². The summed E-state index contributed by atoms with van der Waals surface area (Å²) < 4.78 is 21.8. The van der Waals surface area contributed by atoms with Crippen LogP contribution in [-0.2, 0) is 31.8 Å². The first-order chi connectivity index (χ1) is 18.1. The number of esters is 1. The van der Waals surface area contributed by atoms with E-state index in [1.54, 1.807) is 6.92 Å². The highest BCUT2D eigenvalue weighted by atomic mass is 32.2. The van der Waals surface area contributed by atoms with Crippen LogP contribution in [0.15, 0.2) is 124 Å². The van der Waals surface area contributed by atoms with E-state index in [1.165, 1.54) is 14.7 Å². The third kappa shape index (κ3) is 7.87. The maximum atomic E-state index is 11.8. The number of carbonyl (C=O) groups is 1. The van der Waals surface area contributed by atoms with Gasteiger partial charge in [0.25, 0.3) is 0 Å². The van der Waals surface area contributed by atoms with Crippen molar-refractivity contribution in [2.45, 2.75) is 41.4 Å². The SMILES string of the molecule is CCOC(C)OC(=O)COc1ccc(COc2ccc([S+](c3ccccc3)c3ccccc3)cc2)cc1. The summed E-state index contributed by atoms with van der Waals surface area (Å²) in [5, 5.41) is 0. The van der Waals surface area contributed by atoms with Crippen LogP contribution in [0.25, 0.3) is 0 Å². The van der Waals surface area contributed by atoms with Crippen molar-refractivity contribution in [2.75, 3.05) is 13.2 Å². The van der Waals surface area contributed by atoms with Gasteiger partial charge < -0.3 is 18.9 Å². The van der Waals surface area contributed by atoms with Crippen LogP contribution in [0.5, 0.6) is 11.5 Å². The maximum Gasteiger partial charge on any atom is 0.346 e. The average molecular weight is 516 g/mol. The molecule has 1 atom stereocenters. The molecule has 0 amide bonds. The van der Waals surface area contributed by atoms with Crippen molar-refractivity contribution >= 4 is 16.9 Å². The molecule has 0 radical (unpaired) electrons. The second-order valence-electron chi connectivity index (χ2n) is 8.14. The van der Waals surface area contributed by atoms with E-state index in [0.717, 1.165) is 11.3 Å². The van der Waals surface area contributed by atoms with Gasteiger partial charge in [0.15, 0.2) is 27.6 Å². The Balaban J connectivity index is 1.33. The third-order valence-electron chi connectivity index (χ3n) is 5.40. The Morgan fingerprint density at radius 2 is 1.22 bits per heavy atom. The first-order valence-electron chi connectivity index (χ1n) is 12.2. The standard InChI is InChI=1S/C31H31O5S/c1-3-33-24(2)36-31(32)23-35-26-16-14-25(15-17-26)22-34-27-18-20-30(21-19-27)37(28-10-6-4-7-11-28)29-12-8-5-9-13-29/h4-21,24H,3,22-23H2,1-2H3/q+1. The third-order valence-corrected chi connectivity index (χ3v) is 7.63. The van der Waals surface area contributed by atoms with E-state index < -0.39 is 12.3 Å². The van der Waals surface area contributed by atoms with Crippen LogP contribution in [0, 0.1) is 0 Å². The highest BCUT2D eigenvalue weighted by molar-refractivity contribution is 7.97. The molecule has 0 saturated carbocycles. The number of benzene rings is 4. The van der Waals surface area contributed by atoms with E-state index in [0.29, 0.717) is 19.0 Å². The van der Waals surface area contributed by atoms with Gasteiger partial charge in [-0.3, -0.25) is 0 Å². The van der Waals surface area contributed by atoms with Crippen LogP contribution in [-0.4, -0.2) is 25.5 Å². The molecule has 4 rings (SSSR count). The molecule has 0 N–H and O–H groups in total. The zero-order valence-corrected chi connectivity index (χ0v) is 21.9. The quantitative estimate of drug-likeness (QED) is 0.120. The van der Waals surface area contributed by atoms with Crippen molar-refractivity contribution in [3.8, 4) is 11.5 Å². The highest BCUT2D eigenvalue weighted by Crippen LogP contribution is 2.32. The predicted octanol–water partition coefficient (Wildman–Crippen LogP) is 6.67. The first-order valence-corrected chi connectivity index (χ1v) is 13.4. The Morgan fingerprint density at radius 1 is 0.703 bits per heavy atom. The van der Waals surface area contributed by atoms with Crippen LogP contribution in [0.4, 0.5) is 0 Å². The molecule has 0 aliphatic heterocycles. The molecule has 0 fully saturated rings. The van der Waals surface area contributed by atoms with E-state index >= 15 is 0 Å². The summed E-state index contributed by atoms with van der Waals surface area (Å²) in [6.07, 6.45) is -0.585. The van der Waals surface area contributed by atoms with E-state index in [9.17, 15) is 4.79 Å². The normalized spacial score (nSPS) is 11.6. The zero-order valence-electron chi connectivity index (χ0n) is 21.0. The Bertz CT molecular complexity index is 1190. The highest BCUT2D eigenvalue weighted by Gasteiger charge is 2.28. The monoisotopic (exact) mass is 515 g/mol. The molecule has 37 heavy (non-hydrogen) atoms. The Labute approximate surface area is 221 Å². The van der Waals surface area contributed by atoms with Crippen molar-refractivity contribution in [3.63, 3.8) is 0 Å². The molecule has 0 aromatic heterocycles. The summed E-state index contributed by atoms with van der Waals surface area (Å²) in [5.74, 6) is 0.919. The van der Waals surface area contributed by atoms with Crippen LogP contribution >= 0.6 is 0 Å². The maximum absolute atomic E-state index is 11.8. The largest absolute Gasteiger partial charge is 0.489 e. The van der Waals surface area contributed by atoms with Gasteiger partial charge in [0.2, 0.25) is 0 Å². The lowest BCUT2D eigenvalue weighted by Crippen LogP contribution is -2.22. The molecule has 6 heteroatoms. The number of hydrogen-bond donors (Lipinski definition) is 0. The Hall–Kier alpha value is -3.74. The van der Waals surface area contributed by atoms with Gasteiger partial charge in [0, 0.05) is 6.61 Å². The summed E-state index contributed by atoms with van der Waals surface area (Å²) in [4.78, 5) is 15.6. The summed E-state index contributed by atoms with van der Waals surface area (Å²) in [7, 11) is -0.185. The van der Waals surface area contributed by atoms with Gasteiger partial charge >= 0.3 is 5.97 Å². The minimum absolute atomic E-state index is 0.173. The fourth-order valence-corrected chi connectivity index (χ4v) is 5.76. The number of rotatable bonds is 12. The van der Waals surface area contributed by atoms with E-state index in [1.807, 2.05) is 55.5 Å². The number of hydrogen-bond acceptors (Lipinski definition) is 5. The van der Waals surface area contributed by atoms with E-state index in [4.69, 9.17) is 18.9 Å². The summed E-state index contributed by atoms with van der Waals surface area (Å²) in [6, 6.07) is 36.9. The molecular weight excluding hydrogens is 484 g/mol. The number of ether oxygens (including phenoxy) is 4. The van der Waals surface area contributed by atoms with Crippen LogP contribution < -0.4 is 9.47 Å². The summed E-state index contributed by atoms with van der Waals surface area (Å²) >= 11 is 0. The minimum Gasteiger partial charge on any atom is -0.489 e. The van der Waals surface area contributed by atoms with E-state index in [2.05, 4.69) is 60.7 Å². The molecule has 0 heterocycles. The van der Waals surface area contributed by atoms with E-state index in [-0.39, 0.29) is 17.5 Å². The molecule has 0 aliphatic rings. The fourth-order valence-electron chi connectivity index (χ4n) is 3.67. The van der Waals surface area contributed by atoms with Gasteiger partial charge in [-0.15, -0.1) is 0 Å². The number of carbonyl (C=O) groups excluding carboxylic acids is 1. The second-order valence-corrected chi connectivity index (χ2v) is 10.2. The lowest BCUT2D eigenvalue weighted by Gasteiger charge is -2.13. The van der Waals surface area contributed by atoms with Gasteiger partial charge in [0.1, 0.15) is 18.1 Å². The van der Waals surface area contributed by atoms with Crippen molar-refractivity contribution in [2.24, 2.45) is 0 Å². The molecule has 0 spiro atoms.